The van der Waals surface area contributed by atoms with Crippen molar-refractivity contribution < 1.29 is 9.53 Å². The van der Waals surface area contributed by atoms with E-state index in [9.17, 15) is 4.79 Å². The Bertz CT molecular complexity index is 368. The molecule has 100 valence electrons. The Morgan fingerprint density at radius 3 is 2.67 bits per heavy atom. The summed E-state index contributed by atoms with van der Waals surface area (Å²) in [5.41, 5.74) is 7.11. The third kappa shape index (κ3) is 4.98. The van der Waals surface area contributed by atoms with E-state index in [-0.39, 0.29) is 11.9 Å². The molecular formula is C13H20N2O2S. The zero-order valence-electron chi connectivity index (χ0n) is 10.8. The second-order valence-corrected chi connectivity index (χ2v) is 4.88. The summed E-state index contributed by atoms with van der Waals surface area (Å²) >= 11 is 1.55. The number of hydrogen-bond acceptors (Lipinski definition) is 4. The van der Waals surface area contributed by atoms with Crippen molar-refractivity contribution in [3.05, 3.63) is 29.8 Å². The van der Waals surface area contributed by atoms with Crippen LogP contribution in [-0.4, -0.2) is 31.1 Å². The van der Waals surface area contributed by atoms with E-state index in [4.69, 9.17) is 10.5 Å². The minimum atomic E-state index is -0.0599. The quantitative estimate of drug-likeness (QED) is 0.788. The Balaban J connectivity index is 2.35. The number of benzene rings is 1. The van der Waals surface area contributed by atoms with Gasteiger partial charge in [-0.05, 0) is 24.6 Å². The minimum Gasteiger partial charge on any atom is -0.497 e. The lowest BCUT2D eigenvalue weighted by Gasteiger charge is -2.12. The van der Waals surface area contributed by atoms with E-state index in [0.29, 0.717) is 12.3 Å². The van der Waals surface area contributed by atoms with Gasteiger partial charge in [0.1, 0.15) is 5.75 Å². The lowest BCUT2D eigenvalue weighted by molar-refractivity contribution is -0.118. The molecule has 5 heteroatoms. The second kappa shape index (κ2) is 8.00. The van der Waals surface area contributed by atoms with Gasteiger partial charge >= 0.3 is 0 Å². The van der Waals surface area contributed by atoms with Crippen molar-refractivity contribution in [3.8, 4) is 5.75 Å². The van der Waals surface area contributed by atoms with Crippen molar-refractivity contribution in [2.45, 2.75) is 13.0 Å². The average Bonchev–Trinajstić information content (AvgIpc) is 2.39. The molecule has 1 aromatic carbocycles. The van der Waals surface area contributed by atoms with Gasteiger partial charge in [0.05, 0.1) is 12.9 Å². The first-order valence-corrected chi connectivity index (χ1v) is 7.06. The van der Waals surface area contributed by atoms with Gasteiger partial charge in [0, 0.05) is 18.3 Å². The molecule has 0 bridgehead atoms. The zero-order valence-corrected chi connectivity index (χ0v) is 11.6. The Hall–Kier alpha value is -1.20. The third-order valence-electron chi connectivity index (χ3n) is 2.45. The van der Waals surface area contributed by atoms with Crippen LogP contribution in [0.2, 0.25) is 0 Å². The van der Waals surface area contributed by atoms with E-state index in [1.807, 2.05) is 31.2 Å². The largest absolute Gasteiger partial charge is 0.497 e. The average molecular weight is 268 g/mol. The lowest BCUT2D eigenvalue weighted by atomic mass is 10.1. The number of thioether (sulfide) groups is 1. The Kier molecular flexibility index (Phi) is 6.60. The standard InChI is InChI=1S/C13H20N2O2S/c1-3-15-13(16)9-18-8-12(14)10-4-6-11(17-2)7-5-10/h4-7,12H,3,8-9,14H2,1-2H3,(H,15,16). The van der Waals surface area contributed by atoms with Crippen LogP contribution in [0, 0.1) is 0 Å². The van der Waals surface area contributed by atoms with Gasteiger partial charge in [0.25, 0.3) is 0 Å². The van der Waals surface area contributed by atoms with Crippen molar-refractivity contribution in [3.63, 3.8) is 0 Å². The van der Waals surface area contributed by atoms with Crippen LogP contribution in [0.25, 0.3) is 0 Å². The zero-order chi connectivity index (χ0) is 13.4. The van der Waals surface area contributed by atoms with Gasteiger partial charge in [-0.3, -0.25) is 4.79 Å². The van der Waals surface area contributed by atoms with Gasteiger partial charge in [0.2, 0.25) is 5.91 Å². The highest BCUT2D eigenvalue weighted by atomic mass is 32.2. The maximum atomic E-state index is 11.3. The van der Waals surface area contributed by atoms with Crippen molar-refractivity contribution >= 4 is 17.7 Å². The topological polar surface area (TPSA) is 64.4 Å². The first kappa shape index (κ1) is 14.9. The summed E-state index contributed by atoms with van der Waals surface area (Å²) in [7, 11) is 1.64. The molecule has 0 fully saturated rings. The molecule has 3 N–H and O–H groups in total. The molecule has 0 aromatic heterocycles. The van der Waals surface area contributed by atoms with Crippen LogP contribution in [0.5, 0.6) is 5.75 Å². The fourth-order valence-corrected chi connectivity index (χ4v) is 2.33. The number of carbonyl (C=O) groups is 1. The van der Waals surface area contributed by atoms with Crippen LogP contribution in [0.3, 0.4) is 0 Å². The van der Waals surface area contributed by atoms with Crippen LogP contribution in [0.1, 0.15) is 18.5 Å². The SMILES string of the molecule is CCNC(=O)CSCC(N)c1ccc(OC)cc1. The molecule has 0 saturated carbocycles. The number of hydrogen-bond donors (Lipinski definition) is 2. The van der Waals surface area contributed by atoms with Gasteiger partial charge < -0.3 is 15.8 Å². The molecule has 0 heterocycles. The monoisotopic (exact) mass is 268 g/mol. The highest BCUT2D eigenvalue weighted by Crippen LogP contribution is 2.19. The number of rotatable bonds is 7. The summed E-state index contributed by atoms with van der Waals surface area (Å²) in [5.74, 6) is 2.06. The smallest absolute Gasteiger partial charge is 0.229 e. The molecule has 1 atom stereocenters. The van der Waals surface area contributed by atoms with E-state index in [1.54, 1.807) is 18.9 Å². The van der Waals surface area contributed by atoms with Gasteiger partial charge in [-0.2, -0.15) is 11.8 Å². The van der Waals surface area contributed by atoms with E-state index < -0.39 is 0 Å². The first-order valence-electron chi connectivity index (χ1n) is 5.91. The summed E-state index contributed by atoms with van der Waals surface area (Å²) in [6, 6.07) is 7.63. The Labute approximate surface area is 112 Å². The maximum absolute atomic E-state index is 11.3. The van der Waals surface area contributed by atoms with Crippen LogP contribution < -0.4 is 15.8 Å². The molecule has 1 amide bonds. The molecule has 1 rings (SSSR count). The summed E-state index contributed by atoms with van der Waals surface area (Å²) in [5, 5.41) is 2.76. The highest BCUT2D eigenvalue weighted by Gasteiger charge is 2.07. The summed E-state index contributed by atoms with van der Waals surface area (Å²) in [6.45, 7) is 2.58. The van der Waals surface area contributed by atoms with Crippen molar-refractivity contribution in [1.29, 1.82) is 0 Å². The van der Waals surface area contributed by atoms with E-state index in [2.05, 4.69) is 5.32 Å². The van der Waals surface area contributed by atoms with Crippen molar-refractivity contribution in [2.75, 3.05) is 25.2 Å². The first-order chi connectivity index (χ1) is 8.67. The van der Waals surface area contributed by atoms with Gasteiger partial charge in [-0.25, -0.2) is 0 Å². The van der Waals surface area contributed by atoms with E-state index in [0.717, 1.165) is 17.1 Å². The van der Waals surface area contributed by atoms with Gasteiger partial charge in [0.15, 0.2) is 0 Å². The van der Waals surface area contributed by atoms with E-state index in [1.165, 1.54) is 0 Å². The van der Waals surface area contributed by atoms with Crippen LogP contribution in [0.15, 0.2) is 24.3 Å². The number of amides is 1. The summed E-state index contributed by atoms with van der Waals surface area (Å²) < 4.78 is 5.09. The minimum absolute atomic E-state index is 0.0597. The predicted molar refractivity (Wildman–Crippen MR) is 75.9 cm³/mol. The van der Waals surface area contributed by atoms with Gasteiger partial charge in [-0.15, -0.1) is 0 Å². The highest BCUT2D eigenvalue weighted by molar-refractivity contribution is 7.99. The normalized spacial score (nSPS) is 11.9. The summed E-state index contributed by atoms with van der Waals surface area (Å²) in [4.78, 5) is 11.3. The maximum Gasteiger partial charge on any atom is 0.229 e. The lowest BCUT2D eigenvalue weighted by Crippen LogP contribution is -2.25. The van der Waals surface area contributed by atoms with Crippen molar-refractivity contribution in [1.82, 2.24) is 5.32 Å². The molecule has 4 nitrogen and oxygen atoms in total. The molecule has 0 radical (unpaired) electrons. The van der Waals surface area contributed by atoms with Crippen LogP contribution in [0.4, 0.5) is 0 Å². The van der Waals surface area contributed by atoms with E-state index >= 15 is 0 Å². The number of methoxy groups -OCH3 is 1. The number of ether oxygens (including phenoxy) is 1. The third-order valence-corrected chi connectivity index (χ3v) is 3.51. The molecule has 1 aromatic rings. The number of nitrogens with one attached hydrogen (secondary N) is 1. The van der Waals surface area contributed by atoms with Crippen LogP contribution >= 0.6 is 11.8 Å². The molecule has 0 aliphatic heterocycles. The molecule has 0 aliphatic carbocycles. The van der Waals surface area contributed by atoms with Crippen molar-refractivity contribution in [2.24, 2.45) is 5.73 Å². The van der Waals surface area contributed by atoms with Gasteiger partial charge in [-0.1, -0.05) is 12.1 Å². The fraction of sp³-hybridized carbons (Fsp3) is 0.462. The second-order valence-electron chi connectivity index (χ2n) is 3.85. The molecule has 0 spiro atoms. The molecule has 0 aliphatic rings. The Morgan fingerprint density at radius 2 is 2.11 bits per heavy atom. The molecule has 0 saturated heterocycles. The van der Waals surface area contributed by atoms with Crippen LogP contribution in [-0.2, 0) is 4.79 Å². The molecule has 1 unspecified atom stereocenters. The molecule has 18 heavy (non-hydrogen) atoms. The number of carbonyl (C=O) groups excluding carboxylic acids is 1. The summed E-state index contributed by atoms with van der Waals surface area (Å²) in [6.07, 6.45) is 0. The Morgan fingerprint density at radius 1 is 1.44 bits per heavy atom. The fourth-order valence-electron chi connectivity index (χ4n) is 1.47. The molecular weight excluding hydrogens is 248 g/mol. The number of nitrogens with two attached hydrogens (primary N) is 1. The predicted octanol–water partition coefficient (Wildman–Crippen LogP) is 1.56.